The molecule has 0 atom stereocenters. The highest BCUT2D eigenvalue weighted by Gasteiger charge is 2.29. The number of aromatic hydroxyl groups is 1. The zero-order chi connectivity index (χ0) is 29.2. The molecule has 1 aliphatic rings. The van der Waals surface area contributed by atoms with Crippen LogP contribution in [0.25, 0.3) is 11.1 Å². The van der Waals surface area contributed by atoms with Gasteiger partial charge in [-0.15, -0.1) is 0 Å². The van der Waals surface area contributed by atoms with Crippen molar-refractivity contribution in [3.63, 3.8) is 0 Å². The van der Waals surface area contributed by atoms with Gasteiger partial charge in [0, 0.05) is 0 Å². The van der Waals surface area contributed by atoms with Gasteiger partial charge in [0.25, 0.3) is 0 Å². The minimum absolute atomic E-state index is 0.199. The fourth-order valence-electron chi connectivity index (χ4n) is 5.33. The van der Waals surface area contributed by atoms with E-state index in [0.717, 1.165) is 69.0 Å². The van der Waals surface area contributed by atoms with Crippen molar-refractivity contribution in [2.45, 2.75) is 76.8 Å². The van der Waals surface area contributed by atoms with Gasteiger partial charge in [-0.3, -0.25) is 0 Å². The Bertz CT molecular complexity index is 1220. The van der Waals surface area contributed by atoms with Crippen LogP contribution >= 0.6 is 0 Å². The summed E-state index contributed by atoms with van der Waals surface area (Å²) in [4.78, 5) is 2.14. The highest BCUT2D eigenvalue weighted by molar-refractivity contribution is 7.91. The molecule has 0 spiro atoms. The van der Waals surface area contributed by atoms with Gasteiger partial charge >= 0.3 is 6.18 Å². The smallest absolute Gasteiger partial charge is 0.390 e. The summed E-state index contributed by atoms with van der Waals surface area (Å²) in [7, 11) is -1.69. The Kier molecular flexibility index (Phi) is 12.1. The van der Waals surface area contributed by atoms with Gasteiger partial charge in [-0.2, -0.15) is 13.2 Å². The number of alkyl halides is 3. The minimum atomic E-state index is -4.45. The van der Waals surface area contributed by atoms with Crippen LogP contribution in [0.15, 0.2) is 42.5 Å². The van der Waals surface area contributed by atoms with E-state index in [-0.39, 0.29) is 17.3 Å². The van der Waals surface area contributed by atoms with Crippen LogP contribution in [0.4, 0.5) is 17.6 Å². The van der Waals surface area contributed by atoms with Crippen molar-refractivity contribution in [3.8, 4) is 5.75 Å². The molecule has 2 aromatic carbocycles. The maximum atomic E-state index is 13.6. The summed E-state index contributed by atoms with van der Waals surface area (Å²) in [6.45, 7) is 1.60. The molecule has 40 heavy (non-hydrogen) atoms. The molecule has 0 aromatic heterocycles. The summed E-state index contributed by atoms with van der Waals surface area (Å²) in [5.74, 6) is -1.01. The van der Waals surface area contributed by atoms with Crippen molar-refractivity contribution >= 4 is 21.0 Å². The average molecular weight is 584 g/mol. The van der Waals surface area contributed by atoms with Gasteiger partial charge in [0.2, 0.25) is 0 Å². The van der Waals surface area contributed by atoms with Crippen LogP contribution in [-0.2, 0) is 16.3 Å². The first-order chi connectivity index (χ1) is 18.9. The van der Waals surface area contributed by atoms with Crippen LogP contribution in [0.1, 0.15) is 80.9 Å². The summed E-state index contributed by atoms with van der Waals surface area (Å²) < 4.78 is 73.9. The molecular weight excluding hydrogens is 542 g/mol. The molecule has 0 radical (unpaired) electrons. The number of sulfone groups is 1. The number of nitrogens with zero attached hydrogens (tertiary/aromatic N) is 1. The first-order valence-electron chi connectivity index (χ1n) is 14.2. The predicted molar refractivity (Wildman–Crippen MR) is 153 cm³/mol. The number of unbranched alkanes of at least 4 members (excludes halogenated alkanes) is 4. The van der Waals surface area contributed by atoms with Gasteiger partial charge in [0.15, 0.2) is 9.84 Å². The maximum absolute atomic E-state index is 13.6. The molecule has 0 saturated heterocycles. The average Bonchev–Trinajstić information content (AvgIpc) is 3.06. The lowest BCUT2D eigenvalue weighted by molar-refractivity contribution is -0.129. The minimum Gasteiger partial charge on any atom is -0.508 e. The standard InChI is InChI=1S/C31H41F4NO3S/c1-36(20-6-7-21-40(38,39)22-18-31(33,34)35)19-5-3-2-4-10-30-28(24-12-14-26(32)15-13-24)11-8-9-25-23-27(37)16-17-29(25)30/h12-17,23,37H,2-11,18-22H2,1H3. The highest BCUT2D eigenvalue weighted by atomic mass is 32.2. The molecule has 1 N–H and O–H groups in total. The predicted octanol–water partition coefficient (Wildman–Crippen LogP) is 7.81. The largest absolute Gasteiger partial charge is 0.508 e. The molecule has 9 heteroatoms. The second-order valence-electron chi connectivity index (χ2n) is 10.9. The SMILES string of the molecule is CN(CCCCCCC1=C(c2ccc(F)cc2)CCCc2cc(O)ccc21)CCCCS(=O)(=O)CCC(F)(F)F. The van der Waals surface area contributed by atoms with E-state index >= 15 is 0 Å². The van der Waals surface area contributed by atoms with Crippen molar-refractivity contribution < 1.29 is 31.1 Å². The third-order valence-corrected chi connectivity index (χ3v) is 9.24. The number of fused-ring (bicyclic) bond motifs is 1. The maximum Gasteiger partial charge on any atom is 0.390 e. The van der Waals surface area contributed by atoms with Crippen LogP contribution < -0.4 is 0 Å². The van der Waals surface area contributed by atoms with Crippen LogP contribution in [0.5, 0.6) is 5.75 Å². The van der Waals surface area contributed by atoms with E-state index in [0.29, 0.717) is 19.4 Å². The normalized spacial score (nSPS) is 14.4. The van der Waals surface area contributed by atoms with Crippen molar-refractivity contribution in [1.29, 1.82) is 0 Å². The molecule has 0 aliphatic heterocycles. The Morgan fingerprint density at radius 1 is 0.875 bits per heavy atom. The Balaban J connectivity index is 1.44. The Labute approximate surface area is 236 Å². The highest BCUT2D eigenvalue weighted by Crippen LogP contribution is 2.39. The van der Waals surface area contributed by atoms with E-state index in [1.54, 1.807) is 6.07 Å². The van der Waals surface area contributed by atoms with Gasteiger partial charge in [-0.25, -0.2) is 12.8 Å². The van der Waals surface area contributed by atoms with E-state index in [1.165, 1.54) is 28.8 Å². The molecule has 222 valence electrons. The zero-order valence-corrected chi connectivity index (χ0v) is 24.1. The molecule has 0 saturated carbocycles. The van der Waals surface area contributed by atoms with Gasteiger partial charge in [0.1, 0.15) is 11.6 Å². The number of phenols is 1. The quantitative estimate of drug-likeness (QED) is 0.172. The van der Waals surface area contributed by atoms with E-state index < -0.39 is 28.2 Å². The second kappa shape index (κ2) is 15.0. The zero-order valence-electron chi connectivity index (χ0n) is 23.3. The van der Waals surface area contributed by atoms with Crippen LogP contribution in [0.3, 0.4) is 0 Å². The van der Waals surface area contributed by atoms with Crippen LogP contribution in [0.2, 0.25) is 0 Å². The number of hydrogen-bond donors (Lipinski definition) is 1. The topological polar surface area (TPSA) is 57.6 Å². The van der Waals surface area contributed by atoms with Crippen molar-refractivity contribution in [3.05, 3.63) is 65.0 Å². The van der Waals surface area contributed by atoms with Gasteiger partial charge in [0.05, 0.1) is 17.9 Å². The lowest BCUT2D eigenvalue weighted by atomic mass is 9.89. The summed E-state index contributed by atoms with van der Waals surface area (Å²) in [5.41, 5.74) is 5.91. The fourth-order valence-corrected chi connectivity index (χ4v) is 6.72. The van der Waals surface area contributed by atoms with E-state index in [1.807, 2.05) is 31.3 Å². The van der Waals surface area contributed by atoms with E-state index in [2.05, 4.69) is 4.90 Å². The monoisotopic (exact) mass is 583 g/mol. The summed E-state index contributed by atoms with van der Waals surface area (Å²) in [6, 6.07) is 12.3. The molecule has 0 unspecified atom stereocenters. The number of rotatable bonds is 15. The molecular formula is C31H41F4NO3S. The molecule has 4 nitrogen and oxygen atoms in total. The molecule has 0 amide bonds. The molecule has 1 aliphatic carbocycles. The number of hydrogen-bond acceptors (Lipinski definition) is 4. The molecule has 0 bridgehead atoms. The first-order valence-corrected chi connectivity index (χ1v) is 16.0. The Morgan fingerprint density at radius 3 is 2.25 bits per heavy atom. The van der Waals surface area contributed by atoms with E-state index in [9.17, 15) is 31.1 Å². The Hall–Kier alpha value is -2.39. The molecule has 0 fully saturated rings. The number of benzene rings is 2. The number of allylic oxidation sites excluding steroid dienone is 2. The van der Waals surface area contributed by atoms with Gasteiger partial charge in [-0.1, -0.05) is 31.0 Å². The Morgan fingerprint density at radius 2 is 1.55 bits per heavy atom. The third-order valence-electron chi connectivity index (χ3n) is 7.50. The molecule has 2 aromatic rings. The van der Waals surface area contributed by atoms with Gasteiger partial charge in [-0.05, 0) is 124 Å². The van der Waals surface area contributed by atoms with Crippen LogP contribution in [0, 0.1) is 5.82 Å². The number of aryl methyl sites for hydroxylation is 1. The molecule has 0 heterocycles. The second-order valence-corrected chi connectivity index (χ2v) is 13.2. The van der Waals surface area contributed by atoms with Gasteiger partial charge < -0.3 is 10.0 Å². The lowest BCUT2D eigenvalue weighted by Gasteiger charge is -2.17. The van der Waals surface area contributed by atoms with Crippen molar-refractivity contribution in [2.75, 3.05) is 31.6 Å². The summed E-state index contributed by atoms with van der Waals surface area (Å²) in [6.07, 6.45) is 3.09. The summed E-state index contributed by atoms with van der Waals surface area (Å²) in [5, 5.41) is 10.0. The third kappa shape index (κ3) is 10.9. The lowest BCUT2D eigenvalue weighted by Crippen LogP contribution is -2.22. The van der Waals surface area contributed by atoms with E-state index in [4.69, 9.17) is 0 Å². The first kappa shape index (κ1) is 32.1. The number of halogens is 4. The van der Waals surface area contributed by atoms with Crippen molar-refractivity contribution in [1.82, 2.24) is 4.90 Å². The van der Waals surface area contributed by atoms with Crippen molar-refractivity contribution in [2.24, 2.45) is 0 Å². The molecule has 3 rings (SSSR count). The van der Waals surface area contributed by atoms with Crippen LogP contribution in [-0.4, -0.2) is 56.2 Å². The summed E-state index contributed by atoms with van der Waals surface area (Å²) >= 11 is 0. The number of phenolic OH excluding ortho intramolecular Hbond substituents is 1. The fraction of sp³-hybridized carbons (Fsp3) is 0.548.